The van der Waals surface area contributed by atoms with E-state index in [0.717, 1.165) is 50.3 Å². The maximum atomic E-state index is 14.1. The molecule has 0 saturated carbocycles. The van der Waals surface area contributed by atoms with Gasteiger partial charge in [-0.15, -0.1) is 0 Å². The molecule has 0 unspecified atom stereocenters. The minimum Gasteiger partial charge on any atom is -0.400 e. The monoisotopic (exact) mass is 509 g/mol. The number of hydrogen-bond acceptors (Lipinski definition) is 3. The lowest BCUT2D eigenvalue weighted by molar-refractivity contribution is 0.163. The van der Waals surface area contributed by atoms with Gasteiger partial charge in [0.2, 0.25) is 0 Å². The third kappa shape index (κ3) is 12.7. The number of nitrogens with one attached hydrogen (secondary N) is 2. The van der Waals surface area contributed by atoms with Crippen LogP contribution in [0, 0.1) is 11.6 Å². The number of allylic oxidation sites excluding steroid dienone is 1. The summed E-state index contributed by atoms with van der Waals surface area (Å²) in [6, 6.07) is 12.6. The molecule has 0 bridgehead atoms. The Morgan fingerprint density at radius 1 is 1.17 bits per heavy atom. The lowest BCUT2D eigenvalue weighted by Crippen LogP contribution is -2.33. The second kappa shape index (κ2) is 19.4. The number of aliphatic hydroxyl groups excluding tert-OH is 1. The van der Waals surface area contributed by atoms with Gasteiger partial charge >= 0.3 is 6.03 Å². The van der Waals surface area contributed by atoms with Crippen LogP contribution >= 0.6 is 0 Å². The van der Waals surface area contributed by atoms with Crippen LogP contribution in [-0.4, -0.2) is 63.0 Å². The van der Waals surface area contributed by atoms with Gasteiger partial charge < -0.3 is 20.6 Å². The fourth-order valence-electron chi connectivity index (χ4n) is 3.51. The van der Waals surface area contributed by atoms with E-state index < -0.39 is 17.8 Å². The number of amides is 2. The van der Waals surface area contributed by atoms with E-state index in [-0.39, 0.29) is 24.1 Å². The third-order valence-electron chi connectivity index (χ3n) is 5.28. The van der Waals surface area contributed by atoms with Crippen LogP contribution in [0.15, 0.2) is 54.6 Å². The van der Waals surface area contributed by atoms with Crippen molar-refractivity contribution in [3.8, 4) is 0 Å². The van der Waals surface area contributed by atoms with Crippen molar-refractivity contribution in [3.63, 3.8) is 0 Å². The summed E-state index contributed by atoms with van der Waals surface area (Å²) in [6.07, 6.45) is 3.07. The minimum absolute atomic E-state index is 0.0182. The number of aliphatic hydroxyl groups is 1. The predicted octanol–water partition coefficient (Wildman–Crippen LogP) is 5.77. The average Bonchev–Trinajstić information content (AvgIpc) is 2.90. The summed E-state index contributed by atoms with van der Waals surface area (Å²) in [5, 5.41) is 12.1. The zero-order valence-electron chi connectivity index (χ0n) is 22.3. The number of nitrogens with zero attached hydrogens (tertiary/aromatic N) is 1. The molecule has 1 aliphatic rings. The summed E-state index contributed by atoms with van der Waals surface area (Å²) >= 11 is 0. The fraction of sp³-hybridized carbons (Fsp3) is 0.464. The number of carbonyl (C=O) groups excluding carboxylic acids is 1. The van der Waals surface area contributed by atoms with E-state index in [1.165, 1.54) is 7.05 Å². The van der Waals surface area contributed by atoms with Gasteiger partial charge in [-0.1, -0.05) is 57.2 Å². The van der Waals surface area contributed by atoms with Crippen molar-refractivity contribution in [2.24, 2.45) is 0 Å². The Morgan fingerprint density at radius 2 is 1.81 bits per heavy atom. The van der Waals surface area contributed by atoms with E-state index in [1.807, 2.05) is 69.1 Å². The molecule has 3 rings (SSSR count). The molecule has 1 fully saturated rings. The van der Waals surface area contributed by atoms with Gasteiger partial charge in [-0.3, -0.25) is 0 Å². The van der Waals surface area contributed by atoms with Crippen molar-refractivity contribution in [1.82, 2.24) is 15.5 Å². The Balaban J connectivity index is 0.000000850. The number of benzene rings is 2. The maximum Gasteiger partial charge on any atom is 0.314 e. The van der Waals surface area contributed by atoms with Gasteiger partial charge in [0.05, 0.1) is 0 Å². The molecule has 5 nitrogen and oxygen atoms in total. The highest BCUT2D eigenvalue weighted by atomic mass is 19.1. The van der Waals surface area contributed by atoms with Gasteiger partial charge in [0.15, 0.2) is 0 Å². The SMILES string of the molecule is CC.CN1CCC[C@@H](F)C1.CNC(=O)NC/C(=C\[C@@H](C)c1ccccc1)c1cc(F)ccc1F.CO. The van der Waals surface area contributed by atoms with E-state index in [9.17, 15) is 18.0 Å². The molecule has 0 spiro atoms. The minimum atomic E-state index is -0.561. The fourth-order valence-corrected chi connectivity index (χ4v) is 3.51. The maximum absolute atomic E-state index is 14.1. The smallest absolute Gasteiger partial charge is 0.314 e. The van der Waals surface area contributed by atoms with Gasteiger partial charge in [0.1, 0.15) is 17.8 Å². The van der Waals surface area contributed by atoms with Gasteiger partial charge in [0.25, 0.3) is 0 Å². The van der Waals surface area contributed by atoms with Crippen LogP contribution in [0.5, 0.6) is 0 Å². The molecule has 3 N–H and O–H groups in total. The van der Waals surface area contributed by atoms with Gasteiger partial charge in [0, 0.05) is 32.8 Å². The molecule has 202 valence electrons. The molecule has 36 heavy (non-hydrogen) atoms. The molecular weight excluding hydrogens is 467 g/mol. The Bertz CT molecular complexity index is 887. The van der Waals surface area contributed by atoms with Crippen LogP contribution in [0.1, 0.15) is 50.7 Å². The summed E-state index contributed by atoms with van der Waals surface area (Å²) in [5.41, 5.74) is 1.72. The van der Waals surface area contributed by atoms with E-state index >= 15 is 0 Å². The second-order valence-electron chi connectivity index (χ2n) is 7.95. The molecule has 1 aliphatic heterocycles. The summed E-state index contributed by atoms with van der Waals surface area (Å²) in [5.74, 6) is -1.07. The second-order valence-corrected chi connectivity index (χ2v) is 7.95. The van der Waals surface area contributed by atoms with E-state index in [0.29, 0.717) is 12.1 Å². The summed E-state index contributed by atoms with van der Waals surface area (Å²) in [7, 11) is 4.46. The largest absolute Gasteiger partial charge is 0.400 e. The van der Waals surface area contributed by atoms with Gasteiger partial charge in [-0.05, 0) is 61.7 Å². The molecule has 2 atom stereocenters. The van der Waals surface area contributed by atoms with Crippen LogP contribution in [0.4, 0.5) is 18.0 Å². The Morgan fingerprint density at radius 3 is 2.33 bits per heavy atom. The van der Waals surface area contributed by atoms with Crippen molar-refractivity contribution in [3.05, 3.63) is 77.4 Å². The van der Waals surface area contributed by atoms with Crippen molar-refractivity contribution in [2.75, 3.05) is 40.8 Å². The highest BCUT2D eigenvalue weighted by molar-refractivity contribution is 5.77. The van der Waals surface area contributed by atoms with Crippen molar-refractivity contribution in [2.45, 2.75) is 45.7 Å². The third-order valence-corrected chi connectivity index (χ3v) is 5.28. The van der Waals surface area contributed by atoms with Crippen molar-refractivity contribution >= 4 is 11.6 Å². The standard InChI is InChI=1S/C19H20F2N2O.C6H12FN.C2H6.CH4O/c1-13(14-6-4-3-5-7-14)10-15(12-23-19(24)22-2)17-11-16(20)8-9-18(17)21;1-8-4-2-3-6(7)5-8;2*1-2/h3-11,13H,12H2,1-2H3,(H2,22,23,24);6H,2-5H2,1H3;1-2H3;2H,1H3/b15-10+;;;/t13-;6-;;/m11../s1. The number of likely N-dealkylation sites (tertiary alicyclic amines) is 1. The molecule has 2 amide bonds. The van der Waals surface area contributed by atoms with E-state index in [1.54, 1.807) is 0 Å². The first-order chi connectivity index (χ1) is 17.3. The van der Waals surface area contributed by atoms with Crippen LogP contribution in [0.3, 0.4) is 0 Å². The zero-order chi connectivity index (χ0) is 27.5. The predicted molar refractivity (Wildman–Crippen MR) is 143 cm³/mol. The molecule has 8 heteroatoms. The Labute approximate surface area is 214 Å². The molecule has 2 aromatic carbocycles. The molecule has 0 radical (unpaired) electrons. The van der Waals surface area contributed by atoms with Gasteiger partial charge in [-0.25, -0.2) is 18.0 Å². The number of hydrogen-bond donors (Lipinski definition) is 3. The molecule has 0 aromatic heterocycles. The number of alkyl halides is 1. The Kier molecular flexibility index (Phi) is 17.8. The lowest BCUT2D eigenvalue weighted by atomic mass is 9.95. The summed E-state index contributed by atoms with van der Waals surface area (Å²) in [6.45, 7) is 7.77. The quantitative estimate of drug-likeness (QED) is 0.480. The number of rotatable bonds is 5. The highest BCUT2D eigenvalue weighted by Crippen LogP contribution is 2.25. The first-order valence-electron chi connectivity index (χ1n) is 12.2. The molecule has 2 aromatic rings. The van der Waals surface area contributed by atoms with Crippen LogP contribution in [0.25, 0.3) is 5.57 Å². The first kappa shape index (κ1) is 33.2. The van der Waals surface area contributed by atoms with Crippen LogP contribution in [0.2, 0.25) is 0 Å². The average molecular weight is 510 g/mol. The topological polar surface area (TPSA) is 64.6 Å². The van der Waals surface area contributed by atoms with Crippen molar-refractivity contribution in [1.29, 1.82) is 0 Å². The number of halogens is 3. The molecular formula is C28H42F3N3O2. The zero-order valence-corrected chi connectivity index (χ0v) is 22.3. The number of carbonyl (C=O) groups is 1. The highest BCUT2D eigenvalue weighted by Gasteiger charge is 2.15. The number of urea groups is 1. The van der Waals surface area contributed by atoms with Crippen LogP contribution in [-0.2, 0) is 0 Å². The molecule has 1 saturated heterocycles. The van der Waals surface area contributed by atoms with Gasteiger partial charge in [-0.2, -0.15) is 0 Å². The Hall–Kier alpha value is -2.84. The molecule has 0 aliphatic carbocycles. The van der Waals surface area contributed by atoms with Crippen LogP contribution < -0.4 is 10.6 Å². The summed E-state index contributed by atoms with van der Waals surface area (Å²) < 4.78 is 40.1. The van der Waals surface area contributed by atoms with Crippen molar-refractivity contribution < 1.29 is 23.1 Å². The lowest BCUT2D eigenvalue weighted by Gasteiger charge is -2.24. The summed E-state index contributed by atoms with van der Waals surface area (Å²) in [4.78, 5) is 13.5. The first-order valence-corrected chi connectivity index (χ1v) is 12.2. The van der Waals surface area contributed by atoms with E-state index in [2.05, 4.69) is 10.6 Å². The normalized spacial score (nSPS) is 16.1. The number of piperidine rings is 1. The van der Waals surface area contributed by atoms with E-state index in [4.69, 9.17) is 5.11 Å². The molecule has 1 heterocycles.